The number of likely N-dealkylation sites (tertiary alicyclic amines) is 1. The predicted octanol–water partition coefficient (Wildman–Crippen LogP) is 3.44. The zero-order chi connectivity index (χ0) is 14.9. The van der Waals surface area contributed by atoms with Crippen LogP contribution in [0.15, 0.2) is 30.3 Å². The molecule has 0 bridgehead atoms. The molecule has 2 aliphatic rings. The van der Waals surface area contributed by atoms with Gasteiger partial charge in [0.2, 0.25) is 0 Å². The summed E-state index contributed by atoms with van der Waals surface area (Å²) >= 11 is 0. The highest BCUT2D eigenvalue weighted by Gasteiger charge is 2.47. The molecule has 0 radical (unpaired) electrons. The normalized spacial score (nSPS) is 37.8. The minimum atomic E-state index is -0.357. The van der Waals surface area contributed by atoms with E-state index in [1.165, 1.54) is 5.56 Å². The van der Waals surface area contributed by atoms with Crippen LogP contribution in [0.5, 0.6) is 0 Å². The van der Waals surface area contributed by atoms with E-state index in [9.17, 15) is 0 Å². The summed E-state index contributed by atoms with van der Waals surface area (Å²) in [5, 5.41) is 0. The van der Waals surface area contributed by atoms with Crippen molar-refractivity contribution in [3.63, 3.8) is 0 Å². The van der Waals surface area contributed by atoms with Gasteiger partial charge in [0.1, 0.15) is 0 Å². The van der Waals surface area contributed by atoms with E-state index in [0.717, 1.165) is 32.5 Å². The van der Waals surface area contributed by atoms with Gasteiger partial charge in [-0.25, -0.2) is 0 Å². The van der Waals surface area contributed by atoms with Crippen LogP contribution < -0.4 is 0 Å². The molecule has 3 atom stereocenters. The lowest BCUT2D eigenvalue weighted by molar-refractivity contribution is -0.345. The Morgan fingerprint density at radius 2 is 1.76 bits per heavy atom. The molecule has 1 aromatic rings. The first kappa shape index (κ1) is 15.0. The fraction of sp³-hybridized carbons (Fsp3) is 0.667. The third kappa shape index (κ3) is 3.31. The number of hydrogen-bond donors (Lipinski definition) is 0. The molecule has 3 rings (SSSR count). The minimum absolute atomic E-state index is 0.303. The van der Waals surface area contributed by atoms with Crippen molar-refractivity contribution in [2.75, 3.05) is 13.1 Å². The fourth-order valence-electron chi connectivity index (χ4n) is 3.79. The van der Waals surface area contributed by atoms with Crippen molar-refractivity contribution in [2.24, 2.45) is 5.92 Å². The molecule has 2 aliphatic heterocycles. The third-order valence-electron chi connectivity index (χ3n) is 4.77. The Morgan fingerprint density at radius 3 is 2.38 bits per heavy atom. The van der Waals surface area contributed by atoms with Crippen molar-refractivity contribution in [1.82, 2.24) is 4.90 Å². The van der Waals surface area contributed by atoms with E-state index in [1.54, 1.807) is 0 Å². The molecule has 2 fully saturated rings. The molecule has 2 heterocycles. The van der Waals surface area contributed by atoms with Crippen molar-refractivity contribution in [1.29, 1.82) is 0 Å². The third-order valence-corrected chi connectivity index (χ3v) is 4.77. The predicted molar refractivity (Wildman–Crippen MR) is 83.9 cm³/mol. The van der Waals surface area contributed by atoms with Crippen LogP contribution in [0.4, 0.5) is 0 Å². The molecule has 116 valence electrons. The Hall–Kier alpha value is -0.900. The number of piperidine rings is 1. The van der Waals surface area contributed by atoms with E-state index in [0.29, 0.717) is 18.1 Å². The standard InChI is InChI=1S/C18H27NO2/c1-14-12-19(13-17-7-5-4-6-8-17)10-9-18(14)20-15(2)11-16(3)21-18/h4-8,14-16H,9-13H2,1-3H3/t14-,15+,16+/m0/s1. The van der Waals surface area contributed by atoms with Crippen LogP contribution in [0.1, 0.15) is 39.2 Å². The lowest BCUT2D eigenvalue weighted by atomic mass is 9.90. The van der Waals surface area contributed by atoms with Crippen molar-refractivity contribution in [3.05, 3.63) is 35.9 Å². The van der Waals surface area contributed by atoms with Crippen molar-refractivity contribution < 1.29 is 9.47 Å². The number of ether oxygens (including phenoxy) is 2. The van der Waals surface area contributed by atoms with Gasteiger partial charge in [0.15, 0.2) is 5.79 Å². The Morgan fingerprint density at radius 1 is 1.10 bits per heavy atom. The molecule has 0 amide bonds. The zero-order valence-electron chi connectivity index (χ0n) is 13.4. The van der Waals surface area contributed by atoms with Gasteiger partial charge in [-0.3, -0.25) is 4.90 Å². The molecule has 0 aliphatic carbocycles. The first-order valence-corrected chi connectivity index (χ1v) is 8.19. The van der Waals surface area contributed by atoms with Gasteiger partial charge in [-0.2, -0.15) is 0 Å². The second-order valence-corrected chi connectivity index (χ2v) is 6.78. The van der Waals surface area contributed by atoms with Crippen LogP contribution in [0, 0.1) is 5.92 Å². The topological polar surface area (TPSA) is 21.7 Å². The maximum atomic E-state index is 6.25. The molecule has 3 heteroatoms. The number of hydrogen-bond acceptors (Lipinski definition) is 3. The van der Waals surface area contributed by atoms with Gasteiger partial charge < -0.3 is 9.47 Å². The van der Waals surface area contributed by atoms with Crippen LogP contribution in [0.2, 0.25) is 0 Å². The van der Waals surface area contributed by atoms with Gasteiger partial charge >= 0.3 is 0 Å². The molecular formula is C18H27NO2. The van der Waals surface area contributed by atoms with Gasteiger partial charge in [0.25, 0.3) is 0 Å². The Kier molecular flexibility index (Phi) is 4.34. The van der Waals surface area contributed by atoms with Crippen LogP contribution in [0.25, 0.3) is 0 Å². The summed E-state index contributed by atoms with van der Waals surface area (Å²) in [6.07, 6.45) is 2.58. The Bertz CT molecular complexity index is 452. The van der Waals surface area contributed by atoms with Crippen LogP contribution in [0.3, 0.4) is 0 Å². The second kappa shape index (κ2) is 6.07. The minimum Gasteiger partial charge on any atom is -0.346 e. The van der Waals surface area contributed by atoms with Gasteiger partial charge in [-0.1, -0.05) is 37.3 Å². The highest BCUT2D eigenvalue weighted by atomic mass is 16.7. The molecule has 0 saturated carbocycles. The first-order valence-electron chi connectivity index (χ1n) is 8.19. The van der Waals surface area contributed by atoms with E-state index >= 15 is 0 Å². The van der Waals surface area contributed by atoms with Crippen LogP contribution in [-0.2, 0) is 16.0 Å². The summed E-state index contributed by atoms with van der Waals surface area (Å²) < 4.78 is 12.5. The van der Waals surface area contributed by atoms with Gasteiger partial charge in [0.05, 0.1) is 12.2 Å². The molecular weight excluding hydrogens is 262 g/mol. The van der Waals surface area contributed by atoms with E-state index in [4.69, 9.17) is 9.47 Å². The average molecular weight is 289 g/mol. The van der Waals surface area contributed by atoms with Gasteiger partial charge in [-0.15, -0.1) is 0 Å². The fourth-order valence-corrected chi connectivity index (χ4v) is 3.79. The summed E-state index contributed by atoms with van der Waals surface area (Å²) in [5.41, 5.74) is 1.38. The SMILES string of the molecule is C[C@@H]1C[C@@H](C)OC2(CCN(Cc3ccccc3)C[C@@H]2C)O1. The molecule has 1 aromatic carbocycles. The maximum Gasteiger partial charge on any atom is 0.173 e. The molecule has 3 nitrogen and oxygen atoms in total. The Balaban J connectivity index is 1.64. The van der Waals surface area contributed by atoms with E-state index < -0.39 is 0 Å². The summed E-state index contributed by atoms with van der Waals surface area (Å²) in [6.45, 7) is 9.70. The monoisotopic (exact) mass is 289 g/mol. The highest BCUT2D eigenvalue weighted by molar-refractivity contribution is 5.14. The number of nitrogens with zero attached hydrogens (tertiary/aromatic N) is 1. The Labute approximate surface area is 128 Å². The number of rotatable bonds is 2. The van der Waals surface area contributed by atoms with Gasteiger partial charge in [0, 0.05) is 32.0 Å². The molecule has 0 aromatic heterocycles. The summed E-state index contributed by atoms with van der Waals surface area (Å²) in [5.74, 6) is 0.0461. The average Bonchev–Trinajstić information content (AvgIpc) is 2.43. The lowest BCUT2D eigenvalue weighted by Crippen LogP contribution is -2.58. The quantitative estimate of drug-likeness (QED) is 0.832. The molecule has 0 unspecified atom stereocenters. The smallest absolute Gasteiger partial charge is 0.173 e. The van der Waals surface area contributed by atoms with Crippen LogP contribution in [-0.4, -0.2) is 36.0 Å². The zero-order valence-corrected chi connectivity index (χ0v) is 13.4. The van der Waals surface area contributed by atoms with E-state index in [-0.39, 0.29) is 5.79 Å². The summed E-state index contributed by atoms with van der Waals surface area (Å²) in [7, 11) is 0. The summed E-state index contributed by atoms with van der Waals surface area (Å²) in [6, 6.07) is 10.7. The van der Waals surface area contributed by atoms with Crippen molar-refractivity contribution in [3.8, 4) is 0 Å². The molecule has 21 heavy (non-hydrogen) atoms. The molecule has 2 saturated heterocycles. The second-order valence-electron chi connectivity index (χ2n) is 6.78. The maximum absolute atomic E-state index is 6.25. The molecule has 1 spiro atoms. The van der Waals surface area contributed by atoms with Gasteiger partial charge in [-0.05, 0) is 25.8 Å². The largest absolute Gasteiger partial charge is 0.346 e. The summed E-state index contributed by atoms with van der Waals surface area (Å²) in [4.78, 5) is 2.52. The lowest BCUT2D eigenvalue weighted by Gasteiger charge is -2.51. The number of benzene rings is 1. The van der Waals surface area contributed by atoms with Crippen LogP contribution >= 0.6 is 0 Å². The first-order chi connectivity index (χ1) is 10.1. The van der Waals surface area contributed by atoms with E-state index in [2.05, 4.69) is 56.0 Å². The van der Waals surface area contributed by atoms with Crippen molar-refractivity contribution >= 4 is 0 Å². The van der Waals surface area contributed by atoms with E-state index in [1.807, 2.05) is 0 Å². The molecule has 0 N–H and O–H groups in total. The van der Waals surface area contributed by atoms with Crippen molar-refractivity contribution in [2.45, 2.75) is 58.2 Å². The highest BCUT2D eigenvalue weighted by Crippen LogP contribution is 2.39.